The van der Waals surface area contributed by atoms with Crippen molar-refractivity contribution in [3.8, 4) is 0 Å². The van der Waals surface area contributed by atoms with Crippen LogP contribution in [0.15, 0.2) is 53.4 Å². The third kappa shape index (κ3) is 3.62. The molecule has 2 aromatic rings. The number of aryl methyl sites for hydroxylation is 1. The van der Waals surface area contributed by atoms with E-state index in [-0.39, 0.29) is 10.0 Å². The van der Waals surface area contributed by atoms with Crippen LogP contribution in [0.1, 0.15) is 16.7 Å². The van der Waals surface area contributed by atoms with Crippen LogP contribution in [0, 0.1) is 6.92 Å². The highest BCUT2D eigenvalue weighted by Crippen LogP contribution is 2.38. The minimum absolute atomic E-state index is 0.116. The highest BCUT2D eigenvalue weighted by Gasteiger charge is 2.36. The number of thioether (sulfide) groups is 1. The molecule has 7 heteroatoms. The number of nitrogens with zero attached hydrogens (tertiary/aromatic N) is 1. The van der Waals surface area contributed by atoms with Crippen molar-refractivity contribution in [3.63, 3.8) is 0 Å². The number of carbonyl (C=O) groups excluding carboxylic acids is 1. The molecular formula is C18H12F3NOS2. The van der Waals surface area contributed by atoms with E-state index in [1.54, 1.807) is 6.08 Å². The molecule has 0 aliphatic carbocycles. The van der Waals surface area contributed by atoms with Gasteiger partial charge in [0.05, 0.1) is 16.2 Å². The molecule has 2 nitrogen and oxygen atoms in total. The summed E-state index contributed by atoms with van der Waals surface area (Å²) in [5.74, 6) is -0.419. The van der Waals surface area contributed by atoms with Crippen LogP contribution in [0.2, 0.25) is 0 Å². The van der Waals surface area contributed by atoms with Gasteiger partial charge in [0.2, 0.25) is 0 Å². The third-order valence-electron chi connectivity index (χ3n) is 3.70. The number of anilines is 1. The molecule has 1 fully saturated rings. The molecule has 0 radical (unpaired) electrons. The molecule has 3 rings (SSSR count). The summed E-state index contributed by atoms with van der Waals surface area (Å²) >= 11 is 6.29. The summed E-state index contributed by atoms with van der Waals surface area (Å²) in [6, 6.07) is 12.1. The predicted octanol–water partition coefficient (Wildman–Crippen LogP) is 5.42. The summed E-state index contributed by atoms with van der Waals surface area (Å²) in [5, 5.41) is 0. The second-order valence-corrected chi connectivity index (χ2v) is 7.10. The van der Waals surface area contributed by atoms with Crippen LogP contribution >= 0.6 is 24.0 Å². The second-order valence-electron chi connectivity index (χ2n) is 5.42. The van der Waals surface area contributed by atoms with Gasteiger partial charge < -0.3 is 0 Å². The Labute approximate surface area is 152 Å². The fourth-order valence-electron chi connectivity index (χ4n) is 2.40. The Morgan fingerprint density at radius 3 is 2.52 bits per heavy atom. The van der Waals surface area contributed by atoms with Crippen LogP contribution in [0.4, 0.5) is 18.9 Å². The molecule has 25 heavy (non-hydrogen) atoms. The van der Waals surface area contributed by atoms with Gasteiger partial charge in [0.1, 0.15) is 0 Å². The number of benzene rings is 2. The molecule has 1 saturated heterocycles. The smallest absolute Gasteiger partial charge is 0.268 e. The number of carbonyl (C=O) groups is 1. The highest BCUT2D eigenvalue weighted by molar-refractivity contribution is 8.27. The van der Waals surface area contributed by atoms with Gasteiger partial charge in [-0.3, -0.25) is 9.69 Å². The van der Waals surface area contributed by atoms with E-state index in [1.165, 1.54) is 12.1 Å². The first-order valence-electron chi connectivity index (χ1n) is 7.28. The van der Waals surface area contributed by atoms with Gasteiger partial charge in [-0.25, -0.2) is 0 Å². The van der Waals surface area contributed by atoms with Gasteiger partial charge in [-0.05, 0) is 42.3 Å². The van der Waals surface area contributed by atoms with E-state index in [4.69, 9.17) is 12.2 Å². The van der Waals surface area contributed by atoms with Crippen LogP contribution < -0.4 is 4.90 Å². The molecule has 1 aliphatic rings. The third-order valence-corrected chi connectivity index (χ3v) is 5.00. The maximum Gasteiger partial charge on any atom is 0.416 e. The lowest BCUT2D eigenvalue weighted by Crippen LogP contribution is -2.27. The minimum atomic E-state index is -4.48. The molecule has 1 aliphatic heterocycles. The monoisotopic (exact) mass is 379 g/mol. The SMILES string of the molecule is Cc1ccccc1/C=C1\SC(=S)N(c2cccc(C(F)(F)F)c2)C1=O. The lowest BCUT2D eigenvalue weighted by Gasteiger charge is -2.16. The van der Waals surface area contributed by atoms with E-state index >= 15 is 0 Å². The van der Waals surface area contributed by atoms with E-state index < -0.39 is 17.6 Å². The van der Waals surface area contributed by atoms with Gasteiger partial charge in [-0.2, -0.15) is 13.2 Å². The average Bonchev–Trinajstić information content (AvgIpc) is 2.83. The first-order chi connectivity index (χ1) is 11.8. The zero-order valence-corrected chi connectivity index (χ0v) is 14.6. The number of thiocarbonyl (C=S) groups is 1. The van der Waals surface area contributed by atoms with Gasteiger partial charge in [0.25, 0.3) is 5.91 Å². The lowest BCUT2D eigenvalue weighted by atomic mass is 10.1. The van der Waals surface area contributed by atoms with E-state index in [2.05, 4.69) is 0 Å². The normalized spacial score (nSPS) is 16.8. The number of alkyl halides is 3. The van der Waals surface area contributed by atoms with Crippen molar-refractivity contribution in [1.82, 2.24) is 0 Å². The molecule has 0 bridgehead atoms. The van der Waals surface area contributed by atoms with Gasteiger partial charge >= 0.3 is 6.18 Å². The van der Waals surface area contributed by atoms with Crippen molar-refractivity contribution in [2.75, 3.05) is 4.90 Å². The molecule has 0 saturated carbocycles. The summed E-state index contributed by atoms with van der Waals surface area (Å²) < 4.78 is 38.9. The molecule has 128 valence electrons. The number of amides is 1. The Morgan fingerprint density at radius 1 is 1.12 bits per heavy atom. The zero-order chi connectivity index (χ0) is 18.2. The number of hydrogen-bond donors (Lipinski definition) is 0. The summed E-state index contributed by atoms with van der Waals surface area (Å²) in [6.45, 7) is 1.92. The van der Waals surface area contributed by atoms with Crippen molar-refractivity contribution in [1.29, 1.82) is 0 Å². The van der Waals surface area contributed by atoms with E-state index in [9.17, 15) is 18.0 Å². The van der Waals surface area contributed by atoms with E-state index in [0.29, 0.717) is 4.91 Å². The first kappa shape index (κ1) is 17.7. The van der Waals surface area contributed by atoms with Crippen LogP contribution in [-0.4, -0.2) is 10.2 Å². The molecule has 2 aromatic carbocycles. The number of hydrogen-bond acceptors (Lipinski definition) is 3. The lowest BCUT2D eigenvalue weighted by molar-refractivity contribution is -0.137. The largest absolute Gasteiger partial charge is 0.416 e. The van der Waals surface area contributed by atoms with Crippen molar-refractivity contribution in [3.05, 3.63) is 70.1 Å². The van der Waals surface area contributed by atoms with Gasteiger partial charge in [0, 0.05) is 0 Å². The van der Waals surface area contributed by atoms with Crippen molar-refractivity contribution >= 4 is 46.0 Å². The second kappa shape index (κ2) is 6.65. The molecule has 1 heterocycles. The Hall–Kier alpha value is -2.12. The van der Waals surface area contributed by atoms with Gasteiger partial charge in [-0.1, -0.05) is 54.3 Å². The van der Waals surface area contributed by atoms with E-state index in [0.717, 1.165) is 39.9 Å². The number of rotatable bonds is 2. The Balaban J connectivity index is 1.96. The van der Waals surface area contributed by atoms with Crippen LogP contribution in [0.3, 0.4) is 0 Å². The van der Waals surface area contributed by atoms with Crippen molar-refractivity contribution in [2.24, 2.45) is 0 Å². The van der Waals surface area contributed by atoms with Gasteiger partial charge in [-0.15, -0.1) is 0 Å². The first-order valence-corrected chi connectivity index (χ1v) is 8.51. The summed E-state index contributed by atoms with van der Waals surface area (Å²) in [7, 11) is 0. The predicted molar refractivity (Wildman–Crippen MR) is 98.3 cm³/mol. The summed E-state index contributed by atoms with van der Waals surface area (Å²) in [4.78, 5) is 14.2. The van der Waals surface area contributed by atoms with E-state index in [1.807, 2.05) is 31.2 Å². The van der Waals surface area contributed by atoms with Crippen LogP contribution in [-0.2, 0) is 11.0 Å². The minimum Gasteiger partial charge on any atom is -0.268 e. The topological polar surface area (TPSA) is 20.3 Å². The number of halogens is 3. The maximum atomic E-state index is 12.9. The Morgan fingerprint density at radius 2 is 1.84 bits per heavy atom. The van der Waals surface area contributed by atoms with Crippen LogP contribution in [0.5, 0.6) is 0 Å². The average molecular weight is 379 g/mol. The zero-order valence-electron chi connectivity index (χ0n) is 13.0. The van der Waals surface area contributed by atoms with Gasteiger partial charge in [0.15, 0.2) is 4.32 Å². The highest BCUT2D eigenvalue weighted by atomic mass is 32.2. The van der Waals surface area contributed by atoms with Crippen molar-refractivity contribution in [2.45, 2.75) is 13.1 Å². The fraction of sp³-hybridized carbons (Fsp3) is 0.111. The Bertz CT molecular complexity index is 890. The standard InChI is InChI=1S/C18H12F3NOS2/c1-11-5-2-3-6-12(11)9-15-16(23)22(17(24)25-15)14-8-4-7-13(10-14)18(19,20)21/h2-10H,1H3/b15-9-. The maximum absolute atomic E-state index is 12.9. The molecule has 1 amide bonds. The van der Waals surface area contributed by atoms with Crippen molar-refractivity contribution < 1.29 is 18.0 Å². The molecule has 0 spiro atoms. The van der Waals surface area contributed by atoms with Crippen LogP contribution in [0.25, 0.3) is 6.08 Å². The fourth-order valence-corrected chi connectivity index (χ4v) is 3.69. The molecule has 0 aromatic heterocycles. The molecule has 0 atom stereocenters. The summed E-state index contributed by atoms with van der Waals surface area (Å²) in [6.07, 6.45) is -2.77. The molecule has 0 N–H and O–H groups in total. The molecular weight excluding hydrogens is 367 g/mol. The molecule has 0 unspecified atom stereocenters. The summed E-state index contributed by atoms with van der Waals surface area (Å²) in [5.41, 5.74) is 1.16. The Kier molecular flexibility index (Phi) is 4.71. The quantitative estimate of drug-likeness (QED) is 0.513.